The lowest BCUT2D eigenvalue weighted by molar-refractivity contribution is 0.456. The van der Waals surface area contributed by atoms with Gasteiger partial charge in [0.05, 0.1) is 10.9 Å². The Morgan fingerprint density at radius 2 is 1.86 bits per heavy atom. The van der Waals surface area contributed by atoms with E-state index in [4.69, 9.17) is 16.6 Å². The Morgan fingerprint density at radius 3 is 2.61 bits per heavy atom. The lowest BCUT2D eigenvalue weighted by Crippen LogP contribution is -2.23. The van der Waals surface area contributed by atoms with Gasteiger partial charge in [-0.3, -0.25) is 9.36 Å². The van der Waals surface area contributed by atoms with Gasteiger partial charge in [-0.25, -0.2) is 4.98 Å². The number of aromatic nitrogens is 2. The van der Waals surface area contributed by atoms with Crippen LogP contribution in [0.15, 0.2) is 58.5 Å². The van der Waals surface area contributed by atoms with E-state index in [1.165, 1.54) is 18.4 Å². The summed E-state index contributed by atoms with van der Waals surface area (Å²) < 4.78 is 1.86. The fraction of sp³-hybridized carbons (Fsp3) is 0.391. The van der Waals surface area contributed by atoms with Gasteiger partial charge in [0.2, 0.25) is 0 Å². The van der Waals surface area contributed by atoms with Gasteiger partial charge in [0.25, 0.3) is 5.56 Å². The van der Waals surface area contributed by atoms with Crippen LogP contribution in [0.5, 0.6) is 0 Å². The predicted octanol–water partition coefficient (Wildman–Crippen LogP) is 6.56. The van der Waals surface area contributed by atoms with Gasteiger partial charge in [0.1, 0.15) is 0 Å². The maximum Gasteiger partial charge on any atom is 0.262 e. The minimum absolute atomic E-state index is 0.0627. The standard InChI is InChI=1S/C23H27ClN2OS/c1-3-17(2)8-6-7-15-26-22(27)20-9-4-5-10-21(20)25-23(26)28-16-18-11-13-19(24)14-12-18/h4-5,9-14,17H,3,6-8,15-16H2,1-2H3/t17-/m1/s1. The second kappa shape index (κ2) is 10.1. The first-order chi connectivity index (χ1) is 13.6. The summed E-state index contributed by atoms with van der Waals surface area (Å²) in [5.41, 5.74) is 2.00. The van der Waals surface area contributed by atoms with E-state index in [2.05, 4.69) is 13.8 Å². The SMILES string of the molecule is CC[C@@H](C)CCCCn1c(SCc2ccc(Cl)cc2)nc2ccccc2c1=O. The first-order valence-corrected chi connectivity index (χ1v) is 11.3. The molecular formula is C23H27ClN2OS. The Hall–Kier alpha value is -1.78. The number of unbranched alkanes of at least 4 members (excludes halogenated alkanes) is 1. The number of para-hydroxylation sites is 1. The van der Waals surface area contributed by atoms with Crippen LogP contribution in [0.25, 0.3) is 10.9 Å². The van der Waals surface area contributed by atoms with Crippen molar-refractivity contribution in [3.63, 3.8) is 0 Å². The number of hydrogen-bond donors (Lipinski definition) is 0. The molecule has 28 heavy (non-hydrogen) atoms. The average molecular weight is 415 g/mol. The molecule has 0 radical (unpaired) electrons. The molecule has 0 saturated heterocycles. The molecule has 2 aromatic carbocycles. The fourth-order valence-corrected chi connectivity index (χ4v) is 4.26. The smallest absolute Gasteiger partial charge is 0.262 e. The molecule has 3 rings (SSSR count). The largest absolute Gasteiger partial charge is 0.287 e. The third-order valence-corrected chi connectivity index (χ3v) is 6.43. The van der Waals surface area contributed by atoms with Gasteiger partial charge in [-0.2, -0.15) is 0 Å². The summed E-state index contributed by atoms with van der Waals surface area (Å²) in [5.74, 6) is 1.50. The number of benzene rings is 2. The fourth-order valence-electron chi connectivity index (χ4n) is 3.15. The molecule has 0 amide bonds. The highest BCUT2D eigenvalue weighted by atomic mass is 35.5. The number of thioether (sulfide) groups is 1. The van der Waals surface area contributed by atoms with Crippen molar-refractivity contribution in [3.8, 4) is 0 Å². The summed E-state index contributed by atoms with van der Waals surface area (Å²) in [6, 6.07) is 15.4. The third-order valence-electron chi connectivity index (χ3n) is 5.13. The molecule has 1 atom stereocenters. The molecule has 0 N–H and O–H groups in total. The maximum atomic E-state index is 13.1. The summed E-state index contributed by atoms with van der Waals surface area (Å²) in [6.45, 7) is 5.24. The molecule has 0 bridgehead atoms. The van der Waals surface area contributed by atoms with Crippen molar-refractivity contribution in [3.05, 3.63) is 69.5 Å². The highest BCUT2D eigenvalue weighted by Crippen LogP contribution is 2.23. The van der Waals surface area contributed by atoms with Crippen molar-refractivity contribution < 1.29 is 0 Å². The van der Waals surface area contributed by atoms with E-state index in [0.717, 1.165) is 46.8 Å². The maximum absolute atomic E-state index is 13.1. The zero-order valence-electron chi connectivity index (χ0n) is 16.5. The molecule has 0 aliphatic carbocycles. The zero-order valence-corrected chi connectivity index (χ0v) is 18.1. The van der Waals surface area contributed by atoms with Gasteiger partial charge in [0.15, 0.2) is 5.16 Å². The van der Waals surface area contributed by atoms with Gasteiger partial charge < -0.3 is 0 Å². The van der Waals surface area contributed by atoms with Crippen molar-refractivity contribution in [2.24, 2.45) is 5.92 Å². The average Bonchev–Trinajstić information content (AvgIpc) is 2.72. The van der Waals surface area contributed by atoms with Crippen LogP contribution in [0, 0.1) is 5.92 Å². The van der Waals surface area contributed by atoms with Crippen molar-refractivity contribution in [2.75, 3.05) is 0 Å². The molecule has 3 nitrogen and oxygen atoms in total. The van der Waals surface area contributed by atoms with Gasteiger partial charge in [-0.05, 0) is 42.2 Å². The molecule has 0 saturated carbocycles. The van der Waals surface area contributed by atoms with Crippen molar-refractivity contribution >= 4 is 34.3 Å². The summed E-state index contributed by atoms with van der Waals surface area (Å²) in [6.07, 6.45) is 4.55. The van der Waals surface area contributed by atoms with E-state index in [9.17, 15) is 4.79 Å². The van der Waals surface area contributed by atoms with Crippen molar-refractivity contribution in [1.29, 1.82) is 0 Å². The van der Waals surface area contributed by atoms with Crippen molar-refractivity contribution in [1.82, 2.24) is 9.55 Å². The van der Waals surface area contributed by atoms with Crippen LogP contribution in [0.2, 0.25) is 5.02 Å². The predicted molar refractivity (Wildman–Crippen MR) is 120 cm³/mol. The molecule has 1 heterocycles. The van der Waals surface area contributed by atoms with Crippen LogP contribution >= 0.6 is 23.4 Å². The lowest BCUT2D eigenvalue weighted by atomic mass is 10.0. The molecule has 0 fully saturated rings. The second-order valence-electron chi connectivity index (χ2n) is 7.29. The Bertz CT molecular complexity index is 968. The van der Waals surface area contributed by atoms with Crippen LogP contribution in [0.1, 0.15) is 45.1 Å². The molecule has 0 aliphatic heterocycles. The molecule has 0 unspecified atom stereocenters. The second-order valence-corrected chi connectivity index (χ2v) is 8.67. The quantitative estimate of drug-likeness (QED) is 0.226. The van der Waals surface area contributed by atoms with E-state index in [-0.39, 0.29) is 5.56 Å². The van der Waals surface area contributed by atoms with E-state index in [0.29, 0.717) is 5.39 Å². The van der Waals surface area contributed by atoms with Crippen LogP contribution in [-0.2, 0) is 12.3 Å². The van der Waals surface area contributed by atoms with Crippen molar-refractivity contribution in [2.45, 2.75) is 57.0 Å². The Labute approximate surface area is 176 Å². The van der Waals surface area contributed by atoms with Crippen LogP contribution in [0.3, 0.4) is 0 Å². The van der Waals surface area contributed by atoms with E-state index in [1.54, 1.807) is 11.8 Å². The highest BCUT2D eigenvalue weighted by Gasteiger charge is 2.12. The van der Waals surface area contributed by atoms with Crippen LogP contribution < -0.4 is 5.56 Å². The van der Waals surface area contributed by atoms with E-state index >= 15 is 0 Å². The molecule has 3 aromatic rings. The molecule has 0 aliphatic rings. The van der Waals surface area contributed by atoms with Gasteiger partial charge in [-0.15, -0.1) is 0 Å². The summed E-state index contributed by atoms with van der Waals surface area (Å²) in [7, 11) is 0. The number of fused-ring (bicyclic) bond motifs is 1. The minimum atomic E-state index is 0.0627. The Morgan fingerprint density at radius 1 is 1.11 bits per heavy atom. The molecule has 1 aromatic heterocycles. The minimum Gasteiger partial charge on any atom is -0.287 e. The summed E-state index contributed by atoms with van der Waals surface area (Å²) in [5, 5.41) is 2.22. The third kappa shape index (κ3) is 5.39. The van der Waals surface area contributed by atoms with E-state index in [1.807, 2.05) is 53.1 Å². The first-order valence-electron chi connectivity index (χ1n) is 9.95. The first kappa shape index (κ1) is 20.9. The lowest BCUT2D eigenvalue weighted by Gasteiger charge is -2.14. The van der Waals surface area contributed by atoms with Gasteiger partial charge in [0, 0.05) is 17.3 Å². The summed E-state index contributed by atoms with van der Waals surface area (Å²) in [4.78, 5) is 17.9. The number of hydrogen-bond acceptors (Lipinski definition) is 3. The molecule has 0 spiro atoms. The van der Waals surface area contributed by atoms with Crippen LogP contribution in [0.4, 0.5) is 0 Å². The van der Waals surface area contributed by atoms with Crippen LogP contribution in [-0.4, -0.2) is 9.55 Å². The summed E-state index contributed by atoms with van der Waals surface area (Å²) >= 11 is 7.59. The number of nitrogens with zero attached hydrogens (tertiary/aromatic N) is 2. The normalized spacial score (nSPS) is 12.4. The Kier molecular flexibility index (Phi) is 7.57. The molecule has 5 heteroatoms. The monoisotopic (exact) mass is 414 g/mol. The topological polar surface area (TPSA) is 34.9 Å². The van der Waals surface area contributed by atoms with E-state index < -0.39 is 0 Å². The zero-order chi connectivity index (χ0) is 19.9. The number of rotatable bonds is 9. The molecule has 148 valence electrons. The molecular weight excluding hydrogens is 388 g/mol. The number of halogens is 1. The Balaban J connectivity index is 1.81. The van der Waals surface area contributed by atoms with Gasteiger partial charge >= 0.3 is 0 Å². The van der Waals surface area contributed by atoms with Gasteiger partial charge in [-0.1, -0.05) is 80.7 Å². The highest BCUT2D eigenvalue weighted by molar-refractivity contribution is 7.98.